The van der Waals surface area contributed by atoms with Crippen LogP contribution in [0.3, 0.4) is 0 Å². The molecule has 0 unspecified atom stereocenters. The molecule has 0 radical (unpaired) electrons. The maximum absolute atomic E-state index is 13.8. The fourth-order valence-corrected chi connectivity index (χ4v) is 1.76. The van der Waals surface area contributed by atoms with Gasteiger partial charge in [-0.3, -0.25) is 0 Å². The van der Waals surface area contributed by atoms with E-state index in [9.17, 15) is 9.18 Å². The molecule has 0 aliphatic carbocycles. The number of pyridine rings is 1. The minimum atomic E-state index is -0.630. The summed E-state index contributed by atoms with van der Waals surface area (Å²) in [5, 5.41) is 3.15. The summed E-state index contributed by atoms with van der Waals surface area (Å²) in [6.07, 6.45) is 2.69. The summed E-state index contributed by atoms with van der Waals surface area (Å²) in [6.45, 7) is 1.55. The monoisotopic (exact) mass is 272 g/mol. The lowest BCUT2D eigenvalue weighted by Gasteiger charge is -2.14. The zero-order valence-corrected chi connectivity index (χ0v) is 10.7. The maximum Gasteiger partial charge on any atom is 0.356 e. The van der Waals surface area contributed by atoms with E-state index in [1.165, 1.54) is 13.2 Å². The smallest absolute Gasteiger partial charge is 0.356 e. The Morgan fingerprint density at radius 2 is 2.28 bits per heavy atom. The molecular weight excluding hydrogens is 259 g/mol. The van der Waals surface area contributed by atoms with Crippen molar-refractivity contribution in [1.82, 2.24) is 10.3 Å². The Balaban J connectivity index is 0.00000162. The Morgan fingerprint density at radius 3 is 2.83 bits per heavy atom. The predicted octanol–water partition coefficient (Wildman–Crippen LogP) is 1.81. The number of methoxy groups -OCH3 is 1. The van der Waals surface area contributed by atoms with E-state index in [0.717, 1.165) is 25.1 Å². The van der Waals surface area contributed by atoms with Crippen molar-refractivity contribution in [1.29, 1.82) is 0 Å². The van der Waals surface area contributed by atoms with E-state index >= 15 is 0 Å². The van der Waals surface area contributed by atoms with Gasteiger partial charge < -0.3 is 10.1 Å². The zero-order chi connectivity index (χ0) is 12.3. The van der Waals surface area contributed by atoms with E-state index in [1.807, 2.05) is 6.08 Å². The van der Waals surface area contributed by atoms with Gasteiger partial charge in [0, 0.05) is 12.1 Å². The molecule has 0 amide bonds. The third kappa shape index (κ3) is 3.05. The van der Waals surface area contributed by atoms with Crippen LogP contribution in [0.4, 0.5) is 4.39 Å². The first-order chi connectivity index (χ1) is 8.22. The summed E-state index contributed by atoms with van der Waals surface area (Å²) in [5.74, 6) is -1.25. The van der Waals surface area contributed by atoms with Crippen molar-refractivity contribution in [3.63, 3.8) is 0 Å². The first-order valence-electron chi connectivity index (χ1n) is 5.37. The number of aromatic nitrogens is 1. The van der Waals surface area contributed by atoms with Gasteiger partial charge in [0.1, 0.15) is 0 Å². The van der Waals surface area contributed by atoms with E-state index in [0.29, 0.717) is 5.56 Å². The molecule has 0 aromatic carbocycles. The molecule has 0 saturated heterocycles. The molecule has 1 N–H and O–H groups in total. The summed E-state index contributed by atoms with van der Waals surface area (Å²) < 4.78 is 18.2. The molecule has 0 atom stereocenters. The minimum absolute atomic E-state index is 0. The third-order valence-corrected chi connectivity index (χ3v) is 2.65. The molecular formula is C12H14ClFN2O2. The highest BCUT2D eigenvalue weighted by molar-refractivity contribution is 5.87. The summed E-state index contributed by atoms with van der Waals surface area (Å²) in [7, 11) is 1.24. The van der Waals surface area contributed by atoms with Crippen molar-refractivity contribution in [3.05, 3.63) is 35.4 Å². The Bertz CT molecular complexity index is 477. The molecule has 6 heteroatoms. The predicted molar refractivity (Wildman–Crippen MR) is 68.2 cm³/mol. The number of ether oxygens (including phenoxy) is 1. The van der Waals surface area contributed by atoms with Crippen molar-refractivity contribution in [2.24, 2.45) is 0 Å². The Hall–Kier alpha value is -1.46. The molecule has 1 aliphatic rings. The molecule has 1 aromatic heterocycles. The first kappa shape index (κ1) is 14.6. The fraction of sp³-hybridized carbons (Fsp3) is 0.333. The fourth-order valence-electron chi connectivity index (χ4n) is 1.76. The standard InChI is InChI=1S/C12H13FN2O2.ClH/c1-17-12(16)10-3-2-9(11(13)15-10)8-4-6-14-7-5-8;/h2-4,14H,5-7H2,1H3;1H. The Kier molecular flexibility index (Phi) is 5.25. The lowest BCUT2D eigenvalue weighted by molar-refractivity contribution is 0.0592. The summed E-state index contributed by atoms with van der Waals surface area (Å²) >= 11 is 0. The van der Waals surface area contributed by atoms with Crippen LogP contribution < -0.4 is 5.32 Å². The topological polar surface area (TPSA) is 51.2 Å². The molecule has 2 heterocycles. The van der Waals surface area contributed by atoms with E-state index in [4.69, 9.17) is 0 Å². The van der Waals surface area contributed by atoms with Crippen LogP contribution in [0.15, 0.2) is 18.2 Å². The van der Waals surface area contributed by atoms with Crippen LogP contribution in [0, 0.1) is 5.95 Å². The zero-order valence-electron chi connectivity index (χ0n) is 9.90. The van der Waals surface area contributed by atoms with Gasteiger partial charge in [-0.1, -0.05) is 6.08 Å². The number of hydrogen-bond acceptors (Lipinski definition) is 4. The number of nitrogens with one attached hydrogen (secondary N) is 1. The van der Waals surface area contributed by atoms with E-state index in [2.05, 4.69) is 15.0 Å². The Morgan fingerprint density at radius 1 is 1.50 bits per heavy atom. The van der Waals surface area contributed by atoms with Crippen molar-refractivity contribution in [3.8, 4) is 0 Å². The van der Waals surface area contributed by atoms with Crippen LogP contribution >= 0.6 is 12.4 Å². The second-order valence-electron chi connectivity index (χ2n) is 3.71. The lowest BCUT2D eigenvalue weighted by atomic mass is 10.0. The van der Waals surface area contributed by atoms with Crippen LogP contribution in [0.2, 0.25) is 0 Å². The molecule has 98 valence electrons. The summed E-state index contributed by atoms with van der Waals surface area (Å²) in [6, 6.07) is 3.05. The molecule has 1 aliphatic heterocycles. The summed E-state index contributed by atoms with van der Waals surface area (Å²) in [4.78, 5) is 14.8. The first-order valence-corrected chi connectivity index (χ1v) is 5.37. The second kappa shape index (κ2) is 6.47. The van der Waals surface area contributed by atoms with Gasteiger partial charge in [-0.05, 0) is 30.7 Å². The molecule has 0 fully saturated rings. The van der Waals surface area contributed by atoms with E-state index < -0.39 is 11.9 Å². The number of esters is 1. The van der Waals surface area contributed by atoms with Gasteiger partial charge in [0.25, 0.3) is 0 Å². The molecule has 0 bridgehead atoms. The number of rotatable bonds is 2. The molecule has 0 spiro atoms. The van der Waals surface area contributed by atoms with Crippen molar-refractivity contribution in [2.45, 2.75) is 6.42 Å². The van der Waals surface area contributed by atoms with Gasteiger partial charge in [0.2, 0.25) is 5.95 Å². The van der Waals surface area contributed by atoms with E-state index in [1.54, 1.807) is 6.07 Å². The maximum atomic E-state index is 13.8. The molecule has 18 heavy (non-hydrogen) atoms. The SMILES string of the molecule is COC(=O)c1ccc(C2=CCNCC2)c(F)n1.Cl. The number of nitrogens with zero attached hydrogens (tertiary/aromatic N) is 1. The quantitative estimate of drug-likeness (QED) is 0.659. The van der Waals surface area contributed by atoms with Crippen LogP contribution in [0.1, 0.15) is 22.5 Å². The van der Waals surface area contributed by atoms with Gasteiger partial charge in [-0.15, -0.1) is 12.4 Å². The Labute approximate surface area is 111 Å². The highest BCUT2D eigenvalue weighted by Crippen LogP contribution is 2.21. The van der Waals surface area contributed by atoms with Gasteiger partial charge in [-0.2, -0.15) is 4.39 Å². The highest BCUT2D eigenvalue weighted by atomic mass is 35.5. The number of carbonyl (C=O) groups excluding carboxylic acids is 1. The molecule has 2 rings (SSSR count). The molecule has 4 nitrogen and oxygen atoms in total. The minimum Gasteiger partial charge on any atom is -0.464 e. The van der Waals surface area contributed by atoms with Crippen molar-refractivity contribution < 1.29 is 13.9 Å². The largest absolute Gasteiger partial charge is 0.464 e. The van der Waals surface area contributed by atoms with Gasteiger partial charge in [-0.25, -0.2) is 9.78 Å². The lowest BCUT2D eigenvalue weighted by Crippen LogP contribution is -2.20. The van der Waals surface area contributed by atoms with E-state index in [-0.39, 0.29) is 18.1 Å². The third-order valence-electron chi connectivity index (χ3n) is 2.65. The average Bonchev–Trinajstić information content (AvgIpc) is 2.38. The van der Waals surface area contributed by atoms with Crippen LogP contribution in [-0.2, 0) is 4.74 Å². The van der Waals surface area contributed by atoms with Crippen LogP contribution in [0.5, 0.6) is 0 Å². The van der Waals surface area contributed by atoms with Gasteiger partial charge in [0.05, 0.1) is 7.11 Å². The second-order valence-corrected chi connectivity index (χ2v) is 3.71. The van der Waals surface area contributed by atoms with Crippen molar-refractivity contribution >= 4 is 23.9 Å². The van der Waals surface area contributed by atoms with Crippen LogP contribution in [0.25, 0.3) is 5.57 Å². The number of hydrogen-bond donors (Lipinski definition) is 1. The normalized spacial score (nSPS) is 14.4. The number of halogens is 2. The molecule has 1 aromatic rings. The van der Waals surface area contributed by atoms with Crippen LogP contribution in [-0.4, -0.2) is 31.2 Å². The highest BCUT2D eigenvalue weighted by Gasteiger charge is 2.15. The van der Waals surface area contributed by atoms with Gasteiger partial charge >= 0.3 is 5.97 Å². The average molecular weight is 273 g/mol. The molecule has 0 saturated carbocycles. The van der Waals surface area contributed by atoms with Crippen molar-refractivity contribution in [2.75, 3.05) is 20.2 Å². The summed E-state index contributed by atoms with van der Waals surface area (Å²) in [5.41, 5.74) is 1.37. The van der Waals surface area contributed by atoms with Gasteiger partial charge in [0.15, 0.2) is 5.69 Å². The number of carbonyl (C=O) groups is 1.